The zero-order chi connectivity index (χ0) is 15.7. The maximum Gasteiger partial charge on any atom is 0.260 e. The SMILES string of the molecule is CCc1cc(NC(=O)c2coc3ccc(OC)cc23)n(C)n1. The van der Waals surface area contributed by atoms with Crippen molar-refractivity contribution in [1.82, 2.24) is 9.78 Å². The van der Waals surface area contributed by atoms with Crippen LogP contribution >= 0.6 is 0 Å². The zero-order valence-electron chi connectivity index (χ0n) is 12.7. The van der Waals surface area contributed by atoms with Gasteiger partial charge in [-0.1, -0.05) is 6.92 Å². The number of ether oxygens (including phenoxy) is 1. The molecule has 2 aromatic heterocycles. The van der Waals surface area contributed by atoms with Gasteiger partial charge in [-0.2, -0.15) is 5.10 Å². The molecule has 3 aromatic rings. The Bertz CT molecular complexity index is 832. The minimum atomic E-state index is -0.238. The third kappa shape index (κ3) is 2.43. The maximum absolute atomic E-state index is 12.5. The van der Waals surface area contributed by atoms with Gasteiger partial charge >= 0.3 is 0 Å². The lowest BCUT2D eigenvalue weighted by Crippen LogP contribution is -2.14. The quantitative estimate of drug-likeness (QED) is 0.804. The van der Waals surface area contributed by atoms with E-state index in [-0.39, 0.29) is 5.91 Å². The number of amides is 1. The summed E-state index contributed by atoms with van der Waals surface area (Å²) in [7, 11) is 3.38. The second-order valence-corrected chi connectivity index (χ2v) is 4.96. The molecular weight excluding hydrogens is 282 g/mol. The van der Waals surface area contributed by atoms with Crippen molar-refractivity contribution in [2.24, 2.45) is 7.05 Å². The average molecular weight is 299 g/mol. The van der Waals surface area contributed by atoms with Gasteiger partial charge in [0.25, 0.3) is 5.91 Å². The van der Waals surface area contributed by atoms with Crippen LogP contribution in [0.4, 0.5) is 5.82 Å². The summed E-state index contributed by atoms with van der Waals surface area (Å²) in [4.78, 5) is 12.5. The van der Waals surface area contributed by atoms with E-state index >= 15 is 0 Å². The van der Waals surface area contributed by atoms with Crippen LogP contribution in [0.25, 0.3) is 11.0 Å². The minimum Gasteiger partial charge on any atom is -0.497 e. The second-order valence-electron chi connectivity index (χ2n) is 4.96. The average Bonchev–Trinajstić information content (AvgIpc) is 3.10. The molecule has 0 radical (unpaired) electrons. The van der Waals surface area contributed by atoms with Gasteiger partial charge < -0.3 is 14.5 Å². The van der Waals surface area contributed by atoms with Crippen LogP contribution in [0, 0.1) is 0 Å². The largest absolute Gasteiger partial charge is 0.497 e. The minimum absolute atomic E-state index is 0.238. The van der Waals surface area contributed by atoms with E-state index in [1.54, 1.807) is 37.0 Å². The maximum atomic E-state index is 12.5. The van der Waals surface area contributed by atoms with Crippen molar-refractivity contribution in [1.29, 1.82) is 0 Å². The number of methoxy groups -OCH3 is 1. The van der Waals surface area contributed by atoms with Crippen molar-refractivity contribution in [3.8, 4) is 5.75 Å². The van der Waals surface area contributed by atoms with Crippen LogP contribution in [0.15, 0.2) is 34.9 Å². The summed E-state index contributed by atoms with van der Waals surface area (Å²) in [5.41, 5.74) is 2.04. The molecular formula is C16H17N3O3. The molecule has 0 saturated carbocycles. The van der Waals surface area contributed by atoms with E-state index in [1.807, 2.05) is 13.0 Å². The third-order valence-corrected chi connectivity index (χ3v) is 3.56. The Morgan fingerprint density at radius 1 is 1.41 bits per heavy atom. The van der Waals surface area contributed by atoms with Crippen molar-refractivity contribution < 1.29 is 13.9 Å². The summed E-state index contributed by atoms with van der Waals surface area (Å²) in [6.45, 7) is 2.02. The van der Waals surface area contributed by atoms with Crippen molar-refractivity contribution in [2.75, 3.05) is 12.4 Å². The molecule has 22 heavy (non-hydrogen) atoms. The summed E-state index contributed by atoms with van der Waals surface area (Å²) >= 11 is 0. The Morgan fingerprint density at radius 3 is 2.91 bits per heavy atom. The van der Waals surface area contributed by atoms with E-state index in [4.69, 9.17) is 9.15 Å². The summed E-state index contributed by atoms with van der Waals surface area (Å²) in [6, 6.07) is 7.22. The molecule has 0 aliphatic rings. The first-order valence-electron chi connectivity index (χ1n) is 7.02. The van der Waals surface area contributed by atoms with Crippen LogP contribution in [0.3, 0.4) is 0 Å². The summed E-state index contributed by atoms with van der Waals surface area (Å²) in [5.74, 6) is 1.09. The number of benzene rings is 1. The molecule has 6 nitrogen and oxygen atoms in total. The van der Waals surface area contributed by atoms with E-state index in [0.717, 1.165) is 17.5 Å². The topological polar surface area (TPSA) is 69.3 Å². The highest BCUT2D eigenvalue weighted by Gasteiger charge is 2.16. The number of carbonyl (C=O) groups excluding carboxylic acids is 1. The Balaban J connectivity index is 1.93. The number of fused-ring (bicyclic) bond motifs is 1. The fourth-order valence-corrected chi connectivity index (χ4v) is 2.31. The number of aryl methyl sites for hydroxylation is 2. The predicted molar refractivity (Wildman–Crippen MR) is 83.3 cm³/mol. The number of carbonyl (C=O) groups is 1. The molecule has 0 fully saturated rings. The van der Waals surface area contributed by atoms with Crippen LogP contribution in [0.2, 0.25) is 0 Å². The highest BCUT2D eigenvalue weighted by molar-refractivity contribution is 6.12. The monoisotopic (exact) mass is 299 g/mol. The number of rotatable bonds is 4. The van der Waals surface area contributed by atoms with Crippen LogP contribution in [-0.4, -0.2) is 22.8 Å². The van der Waals surface area contributed by atoms with Crippen LogP contribution in [0.1, 0.15) is 23.0 Å². The molecule has 114 valence electrons. The van der Waals surface area contributed by atoms with E-state index in [0.29, 0.717) is 22.7 Å². The molecule has 1 N–H and O–H groups in total. The van der Waals surface area contributed by atoms with Crippen molar-refractivity contribution in [3.05, 3.63) is 41.8 Å². The standard InChI is InChI=1S/C16H17N3O3/c1-4-10-7-15(19(2)18-10)17-16(20)13-9-22-14-6-5-11(21-3)8-12(13)14/h5-9H,4H2,1-3H3,(H,17,20). The van der Waals surface area contributed by atoms with Crippen LogP contribution < -0.4 is 10.1 Å². The van der Waals surface area contributed by atoms with E-state index in [9.17, 15) is 4.79 Å². The first kappa shape index (κ1) is 14.2. The molecule has 0 atom stereocenters. The number of anilines is 1. The Morgan fingerprint density at radius 2 is 2.23 bits per heavy atom. The van der Waals surface area contributed by atoms with Crippen molar-refractivity contribution in [2.45, 2.75) is 13.3 Å². The molecule has 1 aromatic carbocycles. The van der Waals surface area contributed by atoms with E-state index in [1.165, 1.54) is 6.26 Å². The first-order valence-corrected chi connectivity index (χ1v) is 7.02. The van der Waals surface area contributed by atoms with E-state index in [2.05, 4.69) is 10.4 Å². The normalized spacial score (nSPS) is 10.9. The first-order chi connectivity index (χ1) is 10.6. The number of furan rings is 1. The van der Waals surface area contributed by atoms with Gasteiger partial charge in [0.05, 0.1) is 18.4 Å². The fraction of sp³-hybridized carbons (Fsp3) is 0.250. The van der Waals surface area contributed by atoms with Gasteiger partial charge in [-0.15, -0.1) is 0 Å². The van der Waals surface area contributed by atoms with Crippen LogP contribution in [0.5, 0.6) is 5.75 Å². The summed E-state index contributed by atoms with van der Waals surface area (Å²) in [6.07, 6.45) is 2.27. The lowest BCUT2D eigenvalue weighted by atomic mass is 10.1. The smallest absolute Gasteiger partial charge is 0.260 e. The number of hydrogen-bond acceptors (Lipinski definition) is 4. The predicted octanol–water partition coefficient (Wildman–Crippen LogP) is 2.99. The second kappa shape index (κ2) is 5.55. The van der Waals surface area contributed by atoms with Gasteiger partial charge in [-0.25, -0.2) is 0 Å². The Hall–Kier alpha value is -2.76. The van der Waals surface area contributed by atoms with E-state index < -0.39 is 0 Å². The number of nitrogens with zero attached hydrogens (tertiary/aromatic N) is 2. The fourth-order valence-electron chi connectivity index (χ4n) is 2.31. The molecule has 3 rings (SSSR count). The molecule has 0 aliphatic carbocycles. The summed E-state index contributed by atoms with van der Waals surface area (Å²) in [5, 5.41) is 7.89. The van der Waals surface area contributed by atoms with Crippen molar-refractivity contribution in [3.63, 3.8) is 0 Å². The van der Waals surface area contributed by atoms with Crippen LogP contribution in [-0.2, 0) is 13.5 Å². The molecule has 6 heteroatoms. The third-order valence-electron chi connectivity index (χ3n) is 3.56. The molecule has 0 saturated heterocycles. The molecule has 0 bridgehead atoms. The number of nitrogens with one attached hydrogen (secondary N) is 1. The highest BCUT2D eigenvalue weighted by Crippen LogP contribution is 2.26. The molecule has 0 unspecified atom stereocenters. The molecule has 2 heterocycles. The van der Waals surface area contributed by atoms with Gasteiger partial charge in [0.15, 0.2) is 0 Å². The van der Waals surface area contributed by atoms with Gasteiger partial charge in [0.1, 0.15) is 23.4 Å². The Labute approximate surface area is 127 Å². The van der Waals surface area contributed by atoms with Gasteiger partial charge in [0.2, 0.25) is 0 Å². The molecule has 0 aliphatic heterocycles. The van der Waals surface area contributed by atoms with Crippen molar-refractivity contribution >= 4 is 22.7 Å². The van der Waals surface area contributed by atoms with Gasteiger partial charge in [-0.05, 0) is 24.6 Å². The molecule has 0 spiro atoms. The van der Waals surface area contributed by atoms with Gasteiger partial charge in [0, 0.05) is 18.5 Å². The number of aromatic nitrogens is 2. The zero-order valence-corrected chi connectivity index (χ0v) is 12.7. The molecule has 1 amide bonds. The Kier molecular flexibility index (Phi) is 3.58. The lowest BCUT2D eigenvalue weighted by molar-refractivity contribution is 0.102. The lowest BCUT2D eigenvalue weighted by Gasteiger charge is -2.04. The number of hydrogen-bond donors (Lipinski definition) is 1. The van der Waals surface area contributed by atoms with Gasteiger partial charge in [-0.3, -0.25) is 9.48 Å². The summed E-state index contributed by atoms with van der Waals surface area (Å²) < 4.78 is 12.3. The highest BCUT2D eigenvalue weighted by atomic mass is 16.5.